The van der Waals surface area contributed by atoms with E-state index in [0.717, 1.165) is 40.2 Å². The maximum atomic E-state index is 10.4. The molecule has 0 amide bonds. The Kier molecular flexibility index (Phi) is 3.01. The predicted molar refractivity (Wildman–Crippen MR) is 64.2 cm³/mol. The van der Waals surface area contributed by atoms with Crippen molar-refractivity contribution in [3.63, 3.8) is 0 Å². The Morgan fingerprint density at radius 2 is 1.79 bits per heavy atom. The second-order valence-electron chi connectivity index (χ2n) is 3.84. The smallest absolute Gasteiger partial charge is 0.0907 e. The van der Waals surface area contributed by atoms with Gasteiger partial charge < -0.3 is 5.11 Å². The molecule has 3 heteroatoms. The molecule has 1 saturated carbocycles. The summed E-state index contributed by atoms with van der Waals surface area (Å²) < 4.78 is 2.00. The number of aliphatic hydroxyl groups is 1. The van der Waals surface area contributed by atoms with Crippen LogP contribution in [0.25, 0.3) is 0 Å². The molecular weight excluding hydrogens is 308 g/mol. The highest BCUT2D eigenvalue weighted by Crippen LogP contribution is 2.43. The van der Waals surface area contributed by atoms with E-state index < -0.39 is 5.60 Å². The van der Waals surface area contributed by atoms with Gasteiger partial charge in [-0.25, -0.2) is 0 Å². The second-order valence-corrected chi connectivity index (χ2v) is 5.49. The first kappa shape index (κ1) is 10.7. The van der Waals surface area contributed by atoms with Gasteiger partial charge in [-0.05, 0) is 56.3 Å². The lowest BCUT2D eigenvalue weighted by atomic mass is 9.92. The molecule has 0 aliphatic heterocycles. The van der Waals surface area contributed by atoms with Crippen molar-refractivity contribution in [2.75, 3.05) is 0 Å². The monoisotopic (exact) mass is 318 g/mol. The zero-order valence-electron chi connectivity index (χ0n) is 7.76. The Hall–Kier alpha value is 0.140. The Morgan fingerprint density at radius 3 is 2.43 bits per heavy atom. The summed E-state index contributed by atoms with van der Waals surface area (Å²) >= 11 is 6.98. The van der Waals surface area contributed by atoms with Crippen LogP contribution in [0.15, 0.2) is 27.1 Å². The van der Waals surface area contributed by atoms with Gasteiger partial charge in [-0.1, -0.05) is 25.0 Å². The van der Waals surface area contributed by atoms with E-state index in [2.05, 4.69) is 31.9 Å². The first-order chi connectivity index (χ1) is 6.63. The van der Waals surface area contributed by atoms with Crippen LogP contribution in [-0.2, 0) is 5.60 Å². The molecule has 1 N–H and O–H groups in total. The highest BCUT2D eigenvalue weighted by atomic mass is 79.9. The maximum absolute atomic E-state index is 10.4. The van der Waals surface area contributed by atoms with Crippen LogP contribution in [0.1, 0.15) is 31.2 Å². The standard InChI is InChI=1S/C11H12Br2O/c12-9-5-3-4-8(10(9)13)11(14)6-1-2-7-11/h3-5,14H,1-2,6-7H2. The van der Waals surface area contributed by atoms with E-state index in [0.29, 0.717) is 0 Å². The Bertz CT molecular complexity index is 343. The zero-order valence-corrected chi connectivity index (χ0v) is 10.9. The van der Waals surface area contributed by atoms with Crippen LogP contribution in [0.2, 0.25) is 0 Å². The van der Waals surface area contributed by atoms with Crippen molar-refractivity contribution in [1.82, 2.24) is 0 Å². The summed E-state index contributed by atoms with van der Waals surface area (Å²) in [5.74, 6) is 0. The van der Waals surface area contributed by atoms with Gasteiger partial charge in [0.1, 0.15) is 0 Å². The van der Waals surface area contributed by atoms with Gasteiger partial charge >= 0.3 is 0 Å². The highest BCUT2D eigenvalue weighted by Gasteiger charge is 2.34. The lowest BCUT2D eigenvalue weighted by Crippen LogP contribution is -2.21. The highest BCUT2D eigenvalue weighted by molar-refractivity contribution is 9.13. The number of halogens is 2. The van der Waals surface area contributed by atoms with Crippen molar-refractivity contribution >= 4 is 31.9 Å². The Morgan fingerprint density at radius 1 is 1.14 bits per heavy atom. The van der Waals surface area contributed by atoms with E-state index in [1.54, 1.807) is 0 Å². The summed E-state index contributed by atoms with van der Waals surface area (Å²) in [6, 6.07) is 5.95. The van der Waals surface area contributed by atoms with Gasteiger partial charge in [-0.3, -0.25) is 0 Å². The minimum atomic E-state index is -0.609. The van der Waals surface area contributed by atoms with Gasteiger partial charge in [0.15, 0.2) is 0 Å². The predicted octanol–water partition coefficient (Wildman–Crippen LogP) is 3.97. The summed E-state index contributed by atoms with van der Waals surface area (Å²) in [5.41, 5.74) is 0.409. The molecule has 1 aromatic carbocycles. The number of hydrogen-bond donors (Lipinski definition) is 1. The molecule has 0 atom stereocenters. The van der Waals surface area contributed by atoms with Crippen molar-refractivity contribution in [2.24, 2.45) is 0 Å². The largest absolute Gasteiger partial charge is 0.385 e. The Labute approximate surface area is 101 Å². The van der Waals surface area contributed by atoms with Crippen LogP contribution in [0.3, 0.4) is 0 Å². The molecule has 0 radical (unpaired) electrons. The van der Waals surface area contributed by atoms with Gasteiger partial charge in [0.2, 0.25) is 0 Å². The topological polar surface area (TPSA) is 20.2 Å². The first-order valence-electron chi connectivity index (χ1n) is 4.80. The third-order valence-corrected chi connectivity index (χ3v) is 4.93. The summed E-state index contributed by atoms with van der Waals surface area (Å²) in [6.45, 7) is 0. The summed E-state index contributed by atoms with van der Waals surface area (Å²) in [6.07, 6.45) is 4.00. The third-order valence-electron chi connectivity index (χ3n) is 2.88. The lowest BCUT2D eigenvalue weighted by molar-refractivity contribution is 0.0437. The van der Waals surface area contributed by atoms with Crippen LogP contribution in [0, 0.1) is 0 Å². The van der Waals surface area contributed by atoms with Gasteiger partial charge in [0, 0.05) is 8.95 Å². The average Bonchev–Trinajstić information content (AvgIpc) is 2.58. The molecular formula is C11H12Br2O. The summed E-state index contributed by atoms with van der Waals surface area (Å²) in [5, 5.41) is 10.4. The number of rotatable bonds is 1. The van der Waals surface area contributed by atoms with E-state index in [-0.39, 0.29) is 0 Å². The van der Waals surface area contributed by atoms with Gasteiger partial charge in [-0.2, -0.15) is 0 Å². The fourth-order valence-electron chi connectivity index (χ4n) is 2.09. The van der Waals surface area contributed by atoms with Crippen molar-refractivity contribution in [1.29, 1.82) is 0 Å². The molecule has 0 bridgehead atoms. The fourth-order valence-corrected chi connectivity index (χ4v) is 3.09. The van der Waals surface area contributed by atoms with Crippen LogP contribution in [0.4, 0.5) is 0 Å². The maximum Gasteiger partial charge on any atom is 0.0907 e. The first-order valence-corrected chi connectivity index (χ1v) is 6.39. The molecule has 0 saturated heterocycles. The van der Waals surface area contributed by atoms with E-state index in [1.165, 1.54) is 0 Å². The molecule has 0 spiro atoms. The second kappa shape index (κ2) is 3.95. The van der Waals surface area contributed by atoms with Crippen LogP contribution < -0.4 is 0 Å². The average molecular weight is 320 g/mol. The number of benzene rings is 1. The zero-order chi connectivity index (χ0) is 10.2. The minimum Gasteiger partial charge on any atom is -0.385 e. The molecule has 2 rings (SSSR count). The molecule has 76 valence electrons. The van der Waals surface area contributed by atoms with Crippen LogP contribution >= 0.6 is 31.9 Å². The van der Waals surface area contributed by atoms with E-state index in [4.69, 9.17) is 0 Å². The SMILES string of the molecule is OC1(c2cccc(Br)c2Br)CCCC1. The molecule has 1 aromatic rings. The van der Waals surface area contributed by atoms with Crippen molar-refractivity contribution in [3.8, 4) is 0 Å². The molecule has 0 heterocycles. The molecule has 1 nitrogen and oxygen atoms in total. The van der Waals surface area contributed by atoms with Crippen LogP contribution in [-0.4, -0.2) is 5.11 Å². The van der Waals surface area contributed by atoms with E-state index in [9.17, 15) is 5.11 Å². The molecule has 1 fully saturated rings. The van der Waals surface area contributed by atoms with Crippen LogP contribution in [0.5, 0.6) is 0 Å². The summed E-state index contributed by atoms with van der Waals surface area (Å²) in [4.78, 5) is 0. The normalized spacial score (nSPS) is 19.9. The number of hydrogen-bond acceptors (Lipinski definition) is 1. The lowest BCUT2D eigenvalue weighted by Gasteiger charge is -2.24. The van der Waals surface area contributed by atoms with Crippen molar-refractivity contribution in [2.45, 2.75) is 31.3 Å². The van der Waals surface area contributed by atoms with Crippen molar-refractivity contribution < 1.29 is 5.11 Å². The Balaban J connectivity index is 2.45. The van der Waals surface area contributed by atoms with E-state index >= 15 is 0 Å². The summed E-state index contributed by atoms with van der Waals surface area (Å²) in [7, 11) is 0. The van der Waals surface area contributed by atoms with Gasteiger partial charge in [0.25, 0.3) is 0 Å². The van der Waals surface area contributed by atoms with Gasteiger partial charge in [0.05, 0.1) is 5.60 Å². The quantitative estimate of drug-likeness (QED) is 0.830. The van der Waals surface area contributed by atoms with E-state index in [1.807, 2.05) is 18.2 Å². The molecule has 0 aromatic heterocycles. The minimum absolute atomic E-state index is 0.609. The molecule has 14 heavy (non-hydrogen) atoms. The molecule has 1 aliphatic rings. The van der Waals surface area contributed by atoms with Gasteiger partial charge in [-0.15, -0.1) is 0 Å². The van der Waals surface area contributed by atoms with Crippen molar-refractivity contribution in [3.05, 3.63) is 32.7 Å². The molecule has 1 aliphatic carbocycles. The molecule has 0 unspecified atom stereocenters. The fraction of sp³-hybridized carbons (Fsp3) is 0.455. The third kappa shape index (κ3) is 1.77.